The SMILES string of the molecule is Fc1cc(F)c(Cn2nc3c(C(F)(F)F)cccc3c2-c2ccccn2)c(F)c1. The predicted octanol–water partition coefficient (Wildman–Crippen LogP) is 5.58. The molecule has 9 heteroatoms. The van der Waals surface area contributed by atoms with Crippen molar-refractivity contribution in [3.63, 3.8) is 0 Å². The maximum atomic E-state index is 14.1. The van der Waals surface area contributed by atoms with Crippen LogP contribution in [0, 0.1) is 17.5 Å². The molecule has 4 rings (SSSR count). The summed E-state index contributed by atoms with van der Waals surface area (Å²) in [6.07, 6.45) is -3.24. The van der Waals surface area contributed by atoms with E-state index in [0.29, 0.717) is 12.1 Å². The average molecular weight is 407 g/mol. The predicted molar refractivity (Wildman–Crippen MR) is 93.4 cm³/mol. The van der Waals surface area contributed by atoms with Crippen LogP contribution in [0.3, 0.4) is 0 Å². The van der Waals surface area contributed by atoms with Crippen molar-refractivity contribution in [2.45, 2.75) is 12.7 Å². The molecule has 0 bridgehead atoms. The summed E-state index contributed by atoms with van der Waals surface area (Å²) in [5, 5.41) is 4.11. The lowest BCUT2D eigenvalue weighted by molar-refractivity contribution is -0.136. The third kappa shape index (κ3) is 3.43. The molecule has 0 N–H and O–H groups in total. The second-order valence-electron chi connectivity index (χ2n) is 6.27. The van der Waals surface area contributed by atoms with Gasteiger partial charge in [-0.1, -0.05) is 18.2 Å². The maximum Gasteiger partial charge on any atom is 0.418 e. The van der Waals surface area contributed by atoms with Crippen molar-refractivity contribution in [2.24, 2.45) is 0 Å². The van der Waals surface area contributed by atoms with Crippen molar-refractivity contribution >= 4 is 10.9 Å². The zero-order chi connectivity index (χ0) is 20.8. The minimum Gasteiger partial charge on any atom is -0.257 e. The van der Waals surface area contributed by atoms with Gasteiger partial charge in [0.05, 0.1) is 23.5 Å². The van der Waals surface area contributed by atoms with Gasteiger partial charge in [0.2, 0.25) is 0 Å². The average Bonchev–Trinajstić information content (AvgIpc) is 3.02. The molecule has 148 valence electrons. The number of hydrogen-bond acceptors (Lipinski definition) is 2. The zero-order valence-corrected chi connectivity index (χ0v) is 14.5. The smallest absolute Gasteiger partial charge is 0.257 e. The first-order chi connectivity index (χ1) is 13.8. The quantitative estimate of drug-likeness (QED) is 0.415. The van der Waals surface area contributed by atoms with Crippen LogP contribution in [0.2, 0.25) is 0 Å². The Morgan fingerprint density at radius 2 is 1.62 bits per heavy atom. The van der Waals surface area contributed by atoms with Gasteiger partial charge in [0.1, 0.15) is 23.0 Å². The highest BCUT2D eigenvalue weighted by Gasteiger charge is 2.34. The van der Waals surface area contributed by atoms with E-state index in [4.69, 9.17) is 0 Å². The number of rotatable bonds is 3. The molecule has 0 aliphatic carbocycles. The van der Waals surface area contributed by atoms with Crippen molar-refractivity contribution in [1.82, 2.24) is 14.8 Å². The summed E-state index contributed by atoms with van der Waals surface area (Å²) in [7, 11) is 0. The van der Waals surface area contributed by atoms with Gasteiger partial charge in [0.25, 0.3) is 0 Å². The van der Waals surface area contributed by atoms with Crippen LogP contribution in [0.4, 0.5) is 26.3 Å². The summed E-state index contributed by atoms with van der Waals surface area (Å²) >= 11 is 0. The molecule has 0 aliphatic rings. The molecule has 0 saturated carbocycles. The lowest BCUT2D eigenvalue weighted by atomic mass is 10.1. The van der Waals surface area contributed by atoms with Gasteiger partial charge in [0.15, 0.2) is 0 Å². The largest absolute Gasteiger partial charge is 0.418 e. The highest BCUT2D eigenvalue weighted by molar-refractivity contribution is 5.94. The Balaban J connectivity index is 1.99. The molecular formula is C20H11F6N3. The van der Waals surface area contributed by atoms with E-state index in [1.54, 1.807) is 18.2 Å². The molecule has 2 aromatic carbocycles. The van der Waals surface area contributed by atoms with E-state index in [2.05, 4.69) is 10.1 Å². The molecule has 3 nitrogen and oxygen atoms in total. The van der Waals surface area contributed by atoms with Crippen LogP contribution in [0.25, 0.3) is 22.3 Å². The second-order valence-corrected chi connectivity index (χ2v) is 6.27. The maximum absolute atomic E-state index is 14.1. The minimum absolute atomic E-state index is 0.126. The van der Waals surface area contributed by atoms with Gasteiger partial charge >= 0.3 is 6.18 Å². The minimum atomic E-state index is -4.67. The summed E-state index contributed by atoms with van der Waals surface area (Å²) < 4.78 is 82.8. The van der Waals surface area contributed by atoms with Gasteiger partial charge < -0.3 is 0 Å². The molecule has 0 fully saturated rings. The van der Waals surface area contributed by atoms with Crippen LogP contribution < -0.4 is 0 Å². The van der Waals surface area contributed by atoms with Gasteiger partial charge in [-0.3, -0.25) is 9.67 Å². The van der Waals surface area contributed by atoms with E-state index in [9.17, 15) is 26.3 Å². The Bertz CT molecular complexity index is 1180. The highest BCUT2D eigenvalue weighted by atomic mass is 19.4. The lowest BCUT2D eigenvalue weighted by Crippen LogP contribution is -2.09. The summed E-state index contributed by atoms with van der Waals surface area (Å²) in [4.78, 5) is 4.13. The van der Waals surface area contributed by atoms with Crippen molar-refractivity contribution in [3.05, 3.63) is 83.3 Å². The molecule has 29 heavy (non-hydrogen) atoms. The van der Waals surface area contributed by atoms with Crippen LogP contribution in [-0.4, -0.2) is 14.8 Å². The Kier molecular flexibility index (Phi) is 4.52. The van der Waals surface area contributed by atoms with E-state index in [-0.39, 0.29) is 22.3 Å². The van der Waals surface area contributed by atoms with E-state index >= 15 is 0 Å². The fraction of sp³-hybridized carbons (Fsp3) is 0.100. The normalized spacial score (nSPS) is 11.9. The van der Waals surface area contributed by atoms with E-state index < -0.39 is 41.3 Å². The number of fused-ring (bicyclic) bond motifs is 1. The highest BCUT2D eigenvalue weighted by Crippen LogP contribution is 2.37. The van der Waals surface area contributed by atoms with Gasteiger partial charge in [0, 0.05) is 29.3 Å². The first kappa shape index (κ1) is 19.0. The molecule has 4 aromatic rings. The number of aromatic nitrogens is 3. The molecule has 0 spiro atoms. The van der Waals surface area contributed by atoms with Crippen molar-refractivity contribution in [2.75, 3.05) is 0 Å². The third-order valence-electron chi connectivity index (χ3n) is 4.40. The molecule has 0 amide bonds. The van der Waals surface area contributed by atoms with Crippen molar-refractivity contribution in [3.8, 4) is 11.4 Å². The van der Waals surface area contributed by atoms with Gasteiger partial charge in [-0.2, -0.15) is 18.3 Å². The van der Waals surface area contributed by atoms with Crippen LogP contribution in [0.1, 0.15) is 11.1 Å². The van der Waals surface area contributed by atoms with Gasteiger partial charge in [-0.05, 0) is 18.2 Å². The molecule has 0 atom stereocenters. The van der Waals surface area contributed by atoms with E-state index in [1.165, 1.54) is 18.3 Å². The number of halogens is 6. The first-order valence-corrected chi connectivity index (χ1v) is 8.37. The lowest BCUT2D eigenvalue weighted by Gasteiger charge is -2.09. The Morgan fingerprint density at radius 3 is 2.24 bits per heavy atom. The number of hydrogen-bond donors (Lipinski definition) is 0. The number of pyridine rings is 1. The molecule has 2 heterocycles. The number of alkyl halides is 3. The summed E-state index contributed by atoms with van der Waals surface area (Å²) in [6.45, 7) is -0.546. The Hall–Kier alpha value is -3.36. The molecule has 2 aromatic heterocycles. The molecule has 0 radical (unpaired) electrons. The summed E-state index contributed by atoms with van der Waals surface area (Å²) in [6, 6.07) is 9.32. The van der Waals surface area contributed by atoms with Crippen LogP contribution in [0.15, 0.2) is 54.7 Å². The Labute approximate surface area is 160 Å². The van der Waals surface area contributed by atoms with E-state index in [0.717, 1.165) is 10.7 Å². The summed E-state index contributed by atoms with van der Waals surface area (Å²) in [5.74, 6) is -3.42. The van der Waals surface area contributed by atoms with Crippen molar-refractivity contribution in [1.29, 1.82) is 0 Å². The molecular weight excluding hydrogens is 396 g/mol. The van der Waals surface area contributed by atoms with Gasteiger partial charge in [-0.15, -0.1) is 0 Å². The second kappa shape index (κ2) is 6.91. The Morgan fingerprint density at radius 1 is 0.897 bits per heavy atom. The summed E-state index contributed by atoms with van der Waals surface area (Å²) in [5.41, 5.74) is -1.44. The molecule has 0 aliphatic heterocycles. The van der Waals surface area contributed by atoms with Gasteiger partial charge in [-0.25, -0.2) is 13.2 Å². The zero-order valence-electron chi connectivity index (χ0n) is 14.5. The monoisotopic (exact) mass is 407 g/mol. The fourth-order valence-corrected chi connectivity index (χ4v) is 3.14. The standard InChI is InChI=1S/C20H11F6N3/c21-11-8-15(22)13(16(23)9-11)10-29-19(17-6-1-2-7-27-17)12-4-3-5-14(18(12)28-29)20(24,25)26/h1-9H,10H2. The topological polar surface area (TPSA) is 30.7 Å². The number of nitrogens with zero attached hydrogens (tertiary/aromatic N) is 3. The first-order valence-electron chi connectivity index (χ1n) is 8.37. The van der Waals surface area contributed by atoms with E-state index in [1.807, 2.05) is 0 Å². The van der Waals surface area contributed by atoms with Crippen LogP contribution in [0.5, 0.6) is 0 Å². The van der Waals surface area contributed by atoms with Crippen molar-refractivity contribution < 1.29 is 26.3 Å². The van der Waals surface area contributed by atoms with Crippen LogP contribution in [-0.2, 0) is 12.7 Å². The molecule has 0 saturated heterocycles. The third-order valence-corrected chi connectivity index (χ3v) is 4.40. The molecule has 0 unspecified atom stereocenters. The van der Waals surface area contributed by atoms with Crippen LogP contribution >= 0.6 is 0 Å². The number of benzene rings is 2. The fourth-order valence-electron chi connectivity index (χ4n) is 3.14.